The summed E-state index contributed by atoms with van der Waals surface area (Å²) < 4.78 is 0. The maximum atomic E-state index is 4.74. The van der Waals surface area contributed by atoms with Crippen molar-refractivity contribution in [2.75, 3.05) is 52.4 Å². The molecule has 1 saturated heterocycles. The summed E-state index contributed by atoms with van der Waals surface area (Å²) in [5.74, 6) is 0.914. The van der Waals surface area contributed by atoms with E-state index in [-0.39, 0.29) is 0 Å². The molecule has 0 spiro atoms. The van der Waals surface area contributed by atoms with Gasteiger partial charge in [-0.25, -0.2) is 4.98 Å². The molecule has 164 valence electrons. The fraction of sp³-hybridized carbons (Fsp3) is 0.565. The number of hydrogen-bond acceptors (Lipinski definition) is 5. The van der Waals surface area contributed by atoms with Crippen molar-refractivity contribution in [3.63, 3.8) is 0 Å². The second-order valence-electron chi connectivity index (χ2n) is 7.75. The maximum Gasteiger partial charge on any atom is 0.191 e. The Morgan fingerprint density at radius 3 is 2.57 bits per heavy atom. The predicted molar refractivity (Wildman–Crippen MR) is 127 cm³/mol. The molecule has 1 aliphatic heterocycles. The highest BCUT2D eigenvalue weighted by Crippen LogP contribution is 2.09. The van der Waals surface area contributed by atoms with Crippen molar-refractivity contribution in [2.45, 2.75) is 33.2 Å². The molecule has 2 N–H and O–H groups in total. The van der Waals surface area contributed by atoms with Crippen LogP contribution in [0, 0.1) is 6.92 Å². The molecule has 6 nitrogen and oxygen atoms in total. The van der Waals surface area contributed by atoms with E-state index in [1.165, 1.54) is 5.56 Å². The van der Waals surface area contributed by atoms with Crippen LogP contribution in [0.5, 0.6) is 0 Å². The van der Waals surface area contributed by atoms with Crippen LogP contribution in [0.4, 0.5) is 0 Å². The lowest BCUT2D eigenvalue weighted by molar-refractivity contribution is 0.127. The minimum atomic E-state index is 0.857. The smallest absolute Gasteiger partial charge is 0.191 e. The molecule has 1 fully saturated rings. The number of nitrogens with one attached hydrogen (secondary N) is 2. The molecule has 0 saturated carbocycles. The van der Waals surface area contributed by atoms with Crippen molar-refractivity contribution in [2.24, 2.45) is 4.99 Å². The largest absolute Gasteiger partial charge is 0.357 e. The highest BCUT2D eigenvalue weighted by Gasteiger charge is 2.16. The Labute approximate surface area is 185 Å². The second-order valence-corrected chi connectivity index (χ2v) is 8.81. The lowest BCUT2D eigenvalue weighted by Gasteiger charge is -2.34. The van der Waals surface area contributed by atoms with Gasteiger partial charge in [0, 0.05) is 70.7 Å². The molecule has 30 heavy (non-hydrogen) atoms. The summed E-state index contributed by atoms with van der Waals surface area (Å²) >= 11 is 1.71. The molecular formula is C23H36N6S. The summed E-state index contributed by atoms with van der Waals surface area (Å²) in [6, 6.07) is 10.8. The van der Waals surface area contributed by atoms with Gasteiger partial charge in [0.15, 0.2) is 5.96 Å². The van der Waals surface area contributed by atoms with E-state index in [9.17, 15) is 0 Å². The molecule has 1 aliphatic rings. The van der Waals surface area contributed by atoms with Crippen LogP contribution in [0.25, 0.3) is 0 Å². The van der Waals surface area contributed by atoms with Crippen molar-refractivity contribution in [3.05, 3.63) is 52.0 Å². The number of benzene rings is 1. The van der Waals surface area contributed by atoms with Gasteiger partial charge >= 0.3 is 0 Å². The summed E-state index contributed by atoms with van der Waals surface area (Å²) in [7, 11) is 0. The van der Waals surface area contributed by atoms with Crippen LogP contribution in [0.15, 0.2) is 40.7 Å². The van der Waals surface area contributed by atoms with Crippen LogP contribution >= 0.6 is 11.3 Å². The first kappa shape index (κ1) is 22.7. The minimum Gasteiger partial charge on any atom is -0.357 e. The predicted octanol–water partition coefficient (Wildman–Crippen LogP) is 2.76. The van der Waals surface area contributed by atoms with Gasteiger partial charge in [0.1, 0.15) is 0 Å². The number of aliphatic imine (C=N–C) groups is 1. The summed E-state index contributed by atoms with van der Waals surface area (Å²) in [5.41, 5.74) is 2.57. The number of thiazole rings is 1. The van der Waals surface area contributed by atoms with Gasteiger partial charge in [-0.15, -0.1) is 11.3 Å². The topological polar surface area (TPSA) is 55.8 Å². The molecule has 2 heterocycles. The van der Waals surface area contributed by atoms with E-state index < -0.39 is 0 Å². The van der Waals surface area contributed by atoms with Gasteiger partial charge in [-0.1, -0.05) is 30.3 Å². The molecule has 1 aromatic carbocycles. The molecule has 7 heteroatoms. The SMILES string of the molecule is CCNC(=NCCCN1CCN(Cc2ccccc2)CC1)NCCc1csc(C)n1. The molecule has 3 rings (SSSR count). The molecular weight excluding hydrogens is 392 g/mol. The Morgan fingerprint density at radius 2 is 1.87 bits per heavy atom. The van der Waals surface area contributed by atoms with Gasteiger partial charge < -0.3 is 15.5 Å². The number of guanidine groups is 1. The van der Waals surface area contributed by atoms with Crippen LogP contribution in [0.1, 0.15) is 29.6 Å². The lowest BCUT2D eigenvalue weighted by Crippen LogP contribution is -2.46. The summed E-state index contributed by atoms with van der Waals surface area (Å²) in [4.78, 5) is 14.4. The van der Waals surface area contributed by atoms with Gasteiger partial charge in [0.2, 0.25) is 0 Å². The second kappa shape index (κ2) is 12.7. The fourth-order valence-corrected chi connectivity index (χ4v) is 4.32. The fourth-order valence-electron chi connectivity index (χ4n) is 3.67. The molecule has 2 aromatic rings. The Bertz CT molecular complexity index is 752. The number of aromatic nitrogens is 1. The van der Waals surface area contributed by atoms with E-state index >= 15 is 0 Å². The Morgan fingerprint density at radius 1 is 1.10 bits per heavy atom. The molecule has 0 amide bonds. The van der Waals surface area contributed by atoms with Gasteiger partial charge in [-0.2, -0.15) is 0 Å². The van der Waals surface area contributed by atoms with Crippen LogP contribution in [0.2, 0.25) is 0 Å². The van der Waals surface area contributed by atoms with Crippen molar-refractivity contribution in [1.82, 2.24) is 25.4 Å². The number of aryl methyl sites for hydroxylation is 1. The van der Waals surface area contributed by atoms with Gasteiger partial charge in [0.25, 0.3) is 0 Å². The van der Waals surface area contributed by atoms with Crippen LogP contribution in [-0.2, 0) is 13.0 Å². The maximum absolute atomic E-state index is 4.74. The first-order valence-corrected chi connectivity index (χ1v) is 12.0. The molecule has 1 aromatic heterocycles. The normalized spacial score (nSPS) is 16.0. The number of hydrogen-bond donors (Lipinski definition) is 2. The van der Waals surface area contributed by atoms with E-state index in [2.05, 4.69) is 75.0 Å². The van der Waals surface area contributed by atoms with Crippen LogP contribution < -0.4 is 10.6 Å². The Kier molecular flexibility index (Phi) is 9.60. The van der Waals surface area contributed by atoms with E-state index in [1.807, 2.05) is 0 Å². The van der Waals surface area contributed by atoms with Crippen molar-refractivity contribution in [1.29, 1.82) is 0 Å². The first-order chi connectivity index (χ1) is 14.7. The van der Waals surface area contributed by atoms with Gasteiger partial charge in [-0.3, -0.25) is 9.89 Å². The zero-order chi connectivity index (χ0) is 21.0. The van der Waals surface area contributed by atoms with Gasteiger partial charge in [0.05, 0.1) is 10.7 Å². The zero-order valence-electron chi connectivity index (χ0n) is 18.4. The third kappa shape index (κ3) is 8.05. The lowest BCUT2D eigenvalue weighted by atomic mass is 10.2. The third-order valence-electron chi connectivity index (χ3n) is 5.30. The van der Waals surface area contributed by atoms with Crippen LogP contribution in [0.3, 0.4) is 0 Å². The highest BCUT2D eigenvalue weighted by molar-refractivity contribution is 7.09. The quantitative estimate of drug-likeness (QED) is 0.346. The van der Waals surface area contributed by atoms with E-state index in [4.69, 9.17) is 4.99 Å². The Hall–Kier alpha value is -1.96. The summed E-state index contributed by atoms with van der Waals surface area (Å²) in [6.45, 7) is 13.6. The highest BCUT2D eigenvalue weighted by atomic mass is 32.1. The number of rotatable bonds is 10. The Balaban J connectivity index is 1.30. The molecule has 0 unspecified atom stereocenters. The molecule has 0 atom stereocenters. The molecule has 0 aliphatic carbocycles. The van der Waals surface area contributed by atoms with Crippen molar-refractivity contribution < 1.29 is 0 Å². The van der Waals surface area contributed by atoms with E-state index in [0.29, 0.717) is 0 Å². The molecule has 0 radical (unpaired) electrons. The molecule has 0 bridgehead atoms. The zero-order valence-corrected chi connectivity index (χ0v) is 19.3. The summed E-state index contributed by atoms with van der Waals surface area (Å²) in [5, 5.41) is 10.0. The van der Waals surface area contributed by atoms with E-state index in [0.717, 1.165) is 88.4 Å². The van der Waals surface area contributed by atoms with E-state index in [1.54, 1.807) is 11.3 Å². The average molecular weight is 429 g/mol. The monoisotopic (exact) mass is 428 g/mol. The van der Waals surface area contributed by atoms with Crippen molar-refractivity contribution >= 4 is 17.3 Å². The summed E-state index contributed by atoms with van der Waals surface area (Å²) in [6.07, 6.45) is 2.03. The van der Waals surface area contributed by atoms with Crippen molar-refractivity contribution in [3.8, 4) is 0 Å². The van der Waals surface area contributed by atoms with Crippen LogP contribution in [-0.4, -0.2) is 73.1 Å². The number of piperazine rings is 1. The van der Waals surface area contributed by atoms with Gasteiger partial charge in [-0.05, 0) is 25.8 Å². The standard InChI is InChI=1S/C23H36N6S/c1-3-24-23(26-12-10-22-19-30-20(2)27-22)25-11-7-13-28-14-16-29(17-15-28)18-21-8-5-4-6-9-21/h4-6,8-9,19H,3,7,10-18H2,1-2H3,(H2,24,25,26). The average Bonchev–Trinajstić information content (AvgIpc) is 3.18. The first-order valence-electron chi connectivity index (χ1n) is 11.1. The third-order valence-corrected chi connectivity index (χ3v) is 6.12. The minimum absolute atomic E-state index is 0.857. The number of nitrogens with zero attached hydrogens (tertiary/aromatic N) is 4.